The lowest BCUT2D eigenvalue weighted by Crippen LogP contribution is -2.54. The first kappa shape index (κ1) is 19.0. The van der Waals surface area contributed by atoms with Crippen molar-refractivity contribution in [2.24, 2.45) is 0 Å². The Labute approximate surface area is 154 Å². The van der Waals surface area contributed by atoms with E-state index in [0.29, 0.717) is 12.6 Å². The smallest absolute Gasteiger partial charge is 0.175 e. The Morgan fingerprint density at radius 1 is 1.31 bits per heavy atom. The summed E-state index contributed by atoms with van der Waals surface area (Å²) in [5.74, 6) is 0.774. The fraction of sp³-hybridized carbons (Fsp3) is 0.556. The van der Waals surface area contributed by atoms with Crippen LogP contribution in [0.4, 0.5) is 5.82 Å². The molecule has 3 rings (SSSR count). The standard InChI is InChI=1S/C18H26N4O3S/c1-4-14-11-22(8-7-21(14)10-13(2)23)18-16-9-15(26(3,24)25)5-6-17(16)19-12-20-18/h5-6,9,12-14,23H,4,7-8,10-11H2,1-3H3. The highest BCUT2D eigenvalue weighted by atomic mass is 32.2. The maximum Gasteiger partial charge on any atom is 0.175 e. The van der Waals surface area contributed by atoms with E-state index < -0.39 is 9.84 Å². The number of sulfone groups is 1. The molecule has 0 saturated carbocycles. The summed E-state index contributed by atoms with van der Waals surface area (Å²) in [6.45, 7) is 7.01. The van der Waals surface area contributed by atoms with E-state index in [1.54, 1.807) is 18.2 Å². The van der Waals surface area contributed by atoms with Crippen LogP contribution in [0.3, 0.4) is 0 Å². The molecular weight excluding hydrogens is 352 g/mol. The molecule has 142 valence electrons. The number of hydrogen-bond acceptors (Lipinski definition) is 7. The van der Waals surface area contributed by atoms with Gasteiger partial charge < -0.3 is 10.0 Å². The maximum atomic E-state index is 11.9. The summed E-state index contributed by atoms with van der Waals surface area (Å²) in [5.41, 5.74) is 0.738. The van der Waals surface area contributed by atoms with E-state index in [1.165, 1.54) is 12.6 Å². The molecule has 1 aromatic heterocycles. The van der Waals surface area contributed by atoms with Gasteiger partial charge in [0.2, 0.25) is 0 Å². The van der Waals surface area contributed by atoms with Crippen molar-refractivity contribution in [3.05, 3.63) is 24.5 Å². The van der Waals surface area contributed by atoms with Crippen molar-refractivity contribution in [2.45, 2.75) is 37.3 Å². The van der Waals surface area contributed by atoms with Crippen molar-refractivity contribution in [2.75, 3.05) is 37.3 Å². The van der Waals surface area contributed by atoms with Crippen LogP contribution in [-0.4, -0.2) is 73.0 Å². The molecule has 1 aromatic carbocycles. The molecule has 2 unspecified atom stereocenters. The van der Waals surface area contributed by atoms with E-state index in [4.69, 9.17) is 0 Å². The predicted octanol–water partition coefficient (Wildman–Crippen LogP) is 1.31. The van der Waals surface area contributed by atoms with Gasteiger partial charge in [-0.3, -0.25) is 4.90 Å². The van der Waals surface area contributed by atoms with Crippen molar-refractivity contribution in [3.8, 4) is 0 Å². The number of rotatable bonds is 5. The van der Waals surface area contributed by atoms with E-state index in [9.17, 15) is 13.5 Å². The average molecular weight is 378 g/mol. The van der Waals surface area contributed by atoms with Crippen LogP contribution in [0.5, 0.6) is 0 Å². The van der Waals surface area contributed by atoms with Crippen LogP contribution in [-0.2, 0) is 9.84 Å². The van der Waals surface area contributed by atoms with Gasteiger partial charge in [-0.2, -0.15) is 0 Å². The molecule has 1 aliphatic heterocycles. The third-order valence-electron chi connectivity index (χ3n) is 4.89. The van der Waals surface area contributed by atoms with Gasteiger partial charge in [-0.1, -0.05) is 6.92 Å². The molecule has 0 amide bonds. The third-order valence-corrected chi connectivity index (χ3v) is 6.00. The number of piperazine rings is 1. The third kappa shape index (κ3) is 3.97. The van der Waals surface area contributed by atoms with Gasteiger partial charge in [0, 0.05) is 43.9 Å². The Bertz CT molecular complexity index is 885. The lowest BCUT2D eigenvalue weighted by atomic mass is 10.1. The molecule has 2 heterocycles. The summed E-state index contributed by atoms with van der Waals surface area (Å²) in [4.78, 5) is 13.5. The first-order chi connectivity index (χ1) is 12.3. The zero-order valence-electron chi connectivity index (χ0n) is 15.5. The molecule has 0 radical (unpaired) electrons. The van der Waals surface area contributed by atoms with Crippen molar-refractivity contribution in [3.63, 3.8) is 0 Å². The fourth-order valence-electron chi connectivity index (χ4n) is 3.56. The Morgan fingerprint density at radius 2 is 2.08 bits per heavy atom. The SMILES string of the molecule is CCC1CN(c2ncnc3ccc(S(C)(=O)=O)cc23)CCN1CC(C)O. The van der Waals surface area contributed by atoms with Crippen LogP contribution in [0, 0.1) is 0 Å². The summed E-state index contributed by atoms with van der Waals surface area (Å²) >= 11 is 0. The second-order valence-electron chi connectivity index (χ2n) is 7.00. The zero-order chi connectivity index (χ0) is 18.9. The average Bonchev–Trinajstić information content (AvgIpc) is 2.60. The van der Waals surface area contributed by atoms with Crippen molar-refractivity contribution in [1.82, 2.24) is 14.9 Å². The van der Waals surface area contributed by atoms with Gasteiger partial charge in [-0.05, 0) is 31.5 Å². The van der Waals surface area contributed by atoms with E-state index in [2.05, 4.69) is 26.7 Å². The van der Waals surface area contributed by atoms with E-state index in [0.717, 1.165) is 42.8 Å². The first-order valence-electron chi connectivity index (χ1n) is 8.91. The van der Waals surface area contributed by atoms with Gasteiger partial charge in [0.1, 0.15) is 12.1 Å². The molecule has 1 N–H and O–H groups in total. The number of benzene rings is 1. The number of β-amino-alcohol motifs (C(OH)–C–C–N with tert-alkyl or cyclic N) is 1. The molecule has 2 aromatic rings. The molecule has 0 spiro atoms. The van der Waals surface area contributed by atoms with Gasteiger partial charge in [0.05, 0.1) is 16.5 Å². The highest BCUT2D eigenvalue weighted by Crippen LogP contribution is 2.28. The Hall–Kier alpha value is -1.77. The van der Waals surface area contributed by atoms with Gasteiger partial charge in [-0.25, -0.2) is 18.4 Å². The van der Waals surface area contributed by atoms with Crippen LogP contribution in [0.15, 0.2) is 29.4 Å². The number of fused-ring (bicyclic) bond motifs is 1. The largest absolute Gasteiger partial charge is 0.392 e. The minimum atomic E-state index is -3.29. The maximum absolute atomic E-state index is 11.9. The van der Waals surface area contributed by atoms with Crippen LogP contribution in [0.2, 0.25) is 0 Å². The molecule has 1 saturated heterocycles. The van der Waals surface area contributed by atoms with Crippen LogP contribution in [0.1, 0.15) is 20.3 Å². The predicted molar refractivity (Wildman–Crippen MR) is 102 cm³/mol. The Kier molecular flexibility index (Phi) is 5.45. The van der Waals surface area contributed by atoms with Gasteiger partial charge in [0.25, 0.3) is 0 Å². The Morgan fingerprint density at radius 3 is 2.73 bits per heavy atom. The number of nitrogens with zero attached hydrogens (tertiary/aromatic N) is 4. The molecule has 0 bridgehead atoms. The number of anilines is 1. The van der Waals surface area contributed by atoms with E-state index in [1.807, 2.05) is 6.92 Å². The monoisotopic (exact) mass is 378 g/mol. The molecule has 0 aliphatic carbocycles. The van der Waals surface area contributed by atoms with Crippen molar-refractivity contribution >= 4 is 26.6 Å². The Balaban J connectivity index is 1.95. The molecule has 2 atom stereocenters. The molecule has 26 heavy (non-hydrogen) atoms. The molecule has 7 nitrogen and oxygen atoms in total. The van der Waals surface area contributed by atoms with Crippen LogP contribution < -0.4 is 4.90 Å². The van der Waals surface area contributed by atoms with Crippen molar-refractivity contribution < 1.29 is 13.5 Å². The summed E-state index contributed by atoms with van der Waals surface area (Å²) in [6.07, 6.45) is 3.36. The summed E-state index contributed by atoms with van der Waals surface area (Å²) in [7, 11) is -3.29. The number of aliphatic hydroxyl groups excluding tert-OH is 1. The van der Waals surface area contributed by atoms with Crippen LogP contribution >= 0.6 is 0 Å². The lowest BCUT2D eigenvalue weighted by Gasteiger charge is -2.42. The summed E-state index contributed by atoms with van der Waals surface area (Å²) in [5, 5.41) is 10.5. The summed E-state index contributed by atoms with van der Waals surface area (Å²) < 4.78 is 23.8. The topological polar surface area (TPSA) is 86.6 Å². The number of aromatic nitrogens is 2. The quantitative estimate of drug-likeness (QED) is 0.839. The second-order valence-corrected chi connectivity index (χ2v) is 9.02. The highest BCUT2D eigenvalue weighted by molar-refractivity contribution is 7.90. The first-order valence-corrected chi connectivity index (χ1v) is 10.8. The minimum absolute atomic E-state index is 0.279. The van der Waals surface area contributed by atoms with Gasteiger partial charge >= 0.3 is 0 Å². The fourth-order valence-corrected chi connectivity index (χ4v) is 4.20. The second kappa shape index (κ2) is 7.46. The molecule has 8 heteroatoms. The van der Waals surface area contributed by atoms with Crippen LogP contribution in [0.25, 0.3) is 10.9 Å². The zero-order valence-corrected chi connectivity index (χ0v) is 16.3. The summed E-state index contributed by atoms with van der Waals surface area (Å²) in [6, 6.07) is 5.31. The van der Waals surface area contributed by atoms with Crippen molar-refractivity contribution in [1.29, 1.82) is 0 Å². The van der Waals surface area contributed by atoms with Gasteiger partial charge in [0.15, 0.2) is 9.84 Å². The number of hydrogen-bond donors (Lipinski definition) is 1. The molecule has 1 aliphatic rings. The van der Waals surface area contributed by atoms with E-state index in [-0.39, 0.29) is 11.0 Å². The normalized spacial score (nSPS) is 20.5. The molecular formula is C18H26N4O3S. The lowest BCUT2D eigenvalue weighted by molar-refractivity contribution is 0.0885. The minimum Gasteiger partial charge on any atom is -0.392 e. The molecule has 1 fully saturated rings. The number of aliphatic hydroxyl groups is 1. The highest BCUT2D eigenvalue weighted by Gasteiger charge is 2.28. The van der Waals surface area contributed by atoms with Gasteiger partial charge in [-0.15, -0.1) is 0 Å². The van der Waals surface area contributed by atoms with E-state index >= 15 is 0 Å².